The molecular weight excluding hydrogens is 440 g/mol. The summed E-state index contributed by atoms with van der Waals surface area (Å²) in [6, 6.07) is 0. The lowest BCUT2D eigenvalue weighted by atomic mass is 9.96. The SMILES string of the molecule is C[C@H]1O[C@H](O[C@H]2[C@@H](O)[C@@H](CO)O[C@H](O)[C@H]2O[C@H]2O[C@H](CO)[C@H](O)[C@H](O)[C@H]2O)[C@H](O)C[C@H]1O. The van der Waals surface area contributed by atoms with Crippen LogP contribution in [0.3, 0.4) is 0 Å². The van der Waals surface area contributed by atoms with Gasteiger partial charge in [0.05, 0.1) is 25.4 Å². The van der Waals surface area contributed by atoms with Crippen LogP contribution in [-0.2, 0) is 23.7 Å². The summed E-state index contributed by atoms with van der Waals surface area (Å²) in [6.07, 6.45) is -20.4. The van der Waals surface area contributed by atoms with Crippen molar-refractivity contribution in [2.75, 3.05) is 13.2 Å². The molecule has 14 nitrogen and oxygen atoms in total. The van der Waals surface area contributed by atoms with E-state index in [2.05, 4.69) is 0 Å². The molecule has 9 N–H and O–H groups in total. The third-order valence-electron chi connectivity index (χ3n) is 5.94. The second kappa shape index (κ2) is 10.8. The second-order valence-electron chi connectivity index (χ2n) is 8.22. The van der Waals surface area contributed by atoms with Crippen molar-refractivity contribution in [3.05, 3.63) is 0 Å². The van der Waals surface area contributed by atoms with E-state index in [-0.39, 0.29) is 6.42 Å². The zero-order chi connectivity index (χ0) is 23.7. The van der Waals surface area contributed by atoms with Gasteiger partial charge in [-0.2, -0.15) is 0 Å². The highest BCUT2D eigenvalue weighted by Gasteiger charge is 2.52. The molecule has 3 aliphatic rings. The Hall–Kier alpha value is -0.560. The van der Waals surface area contributed by atoms with Gasteiger partial charge in [-0.15, -0.1) is 0 Å². The highest BCUT2D eigenvalue weighted by molar-refractivity contribution is 4.95. The zero-order valence-electron chi connectivity index (χ0n) is 17.3. The lowest BCUT2D eigenvalue weighted by Crippen LogP contribution is -2.65. The summed E-state index contributed by atoms with van der Waals surface area (Å²) < 4.78 is 27.0. The molecule has 0 unspecified atom stereocenters. The molecule has 3 fully saturated rings. The monoisotopic (exact) mass is 472 g/mol. The van der Waals surface area contributed by atoms with E-state index in [9.17, 15) is 46.0 Å². The summed E-state index contributed by atoms with van der Waals surface area (Å²) in [5.41, 5.74) is 0. The molecule has 0 radical (unpaired) electrons. The van der Waals surface area contributed by atoms with Crippen LogP contribution in [0.5, 0.6) is 0 Å². The Morgan fingerprint density at radius 2 is 1.25 bits per heavy atom. The molecule has 3 saturated heterocycles. The fourth-order valence-electron chi connectivity index (χ4n) is 3.91. The van der Waals surface area contributed by atoms with Crippen molar-refractivity contribution in [3.63, 3.8) is 0 Å². The zero-order valence-corrected chi connectivity index (χ0v) is 17.3. The van der Waals surface area contributed by atoms with Crippen molar-refractivity contribution in [2.45, 2.75) is 99.4 Å². The van der Waals surface area contributed by atoms with Crippen LogP contribution in [0.15, 0.2) is 0 Å². The summed E-state index contributed by atoms with van der Waals surface area (Å²) in [7, 11) is 0. The maximum Gasteiger partial charge on any atom is 0.187 e. The van der Waals surface area contributed by atoms with Gasteiger partial charge in [0.2, 0.25) is 0 Å². The molecule has 0 bridgehead atoms. The second-order valence-corrected chi connectivity index (χ2v) is 8.22. The Labute approximate surface area is 183 Å². The molecule has 0 amide bonds. The quantitative estimate of drug-likeness (QED) is 0.176. The van der Waals surface area contributed by atoms with Crippen LogP contribution in [0, 0.1) is 0 Å². The minimum atomic E-state index is -1.82. The molecule has 188 valence electrons. The summed E-state index contributed by atoms with van der Waals surface area (Å²) in [5.74, 6) is 0. The fourth-order valence-corrected chi connectivity index (χ4v) is 3.91. The minimum Gasteiger partial charge on any atom is -0.394 e. The van der Waals surface area contributed by atoms with Gasteiger partial charge in [0, 0.05) is 6.42 Å². The summed E-state index contributed by atoms with van der Waals surface area (Å²) in [6.45, 7) is 0.126. The van der Waals surface area contributed by atoms with Gasteiger partial charge in [0.25, 0.3) is 0 Å². The third kappa shape index (κ3) is 5.24. The lowest BCUT2D eigenvalue weighted by molar-refractivity contribution is -0.382. The standard InChI is InChI=1S/C18H32O14/c1-5-6(21)2-7(22)17(28-5)31-14-11(24)9(4-20)29-16(27)15(14)32-18-13(26)12(25)10(23)8(3-19)30-18/h5-27H,2-4H2,1H3/t5-,6-,7-,8-,9-,10+,11+,12+,13-,14+,15+,16+,17-,18-/m1/s1. The van der Waals surface area contributed by atoms with E-state index in [4.69, 9.17) is 23.7 Å². The van der Waals surface area contributed by atoms with Crippen molar-refractivity contribution in [3.8, 4) is 0 Å². The van der Waals surface area contributed by atoms with Crippen molar-refractivity contribution in [1.29, 1.82) is 0 Å². The van der Waals surface area contributed by atoms with Gasteiger partial charge in [0.1, 0.15) is 54.9 Å². The van der Waals surface area contributed by atoms with Gasteiger partial charge >= 0.3 is 0 Å². The van der Waals surface area contributed by atoms with Crippen LogP contribution in [0.4, 0.5) is 0 Å². The van der Waals surface area contributed by atoms with Gasteiger partial charge in [-0.05, 0) is 6.92 Å². The smallest absolute Gasteiger partial charge is 0.187 e. The highest BCUT2D eigenvalue weighted by atomic mass is 16.8. The molecule has 14 heteroatoms. The van der Waals surface area contributed by atoms with Crippen molar-refractivity contribution in [2.24, 2.45) is 0 Å². The Kier molecular flexibility index (Phi) is 8.79. The number of hydrogen-bond acceptors (Lipinski definition) is 14. The molecule has 3 rings (SSSR count). The fraction of sp³-hybridized carbons (Fsp3) is 1.00. The predicted octanol–water partition coefficient (Wildman–Crippen LogP) is -5.52. The average molecular weight is 472 g/mol. The lowest BCUT2D eigenvalue weighted by Gasteiger charge is -2.47. The van der Waals surface area contributed by atoms with Gasteiger partial charge in [0.15, 0.2) is 18.9 Å². The van der Waals surface area contributed by atoms with Gasteiger partial charge < -0.3 is 69.6 Å². The molecule has 0 aromatic heterocycles. The number of hydrogen-bond donors (Lipinski definition) is 9. The van der Waals surface area contributed by atoms with Gasteiger partial charge in [-0.3, -0.25) is 0 Å². The molecule has 0 aromatic carbocycles. The van der Waals surface area contributed by atoms with Crippen molar-refractivity contribution in [1.82, 2.24) is 0 Å². The average Bonchev–Trinajstić information content (AvgIpc) is 2.76. The number of rotatable bonds is 6. The normalized spacial score (nSPS) is 52.7. The van der Waals surface area contributed by atoms with Crippen molar-refractivity contribution >= 4 is 0 Å². The van der Waals surface area contributed by atoms with Crippen molar-refractivity contribution < 1.29 is 69.6 Å². The first-order valence-corrected chi connectivity index (χ1v) is 10.3. The maximum absolute atomic E-state index is 10.6. The first-order chi connectivity index (χ1) is 15.1. The van der Waals surface area contributed by atoms with Crippen LogP contribution >= 0.6 is 0 Å². The molecule has 0 spiro atoms. The first-order valence-electron chi connectivity index (χ1n) is 10.3. The van der Waals surface area contributed by atoms with Crippen LogP contribution in [0.25, 0.3) is 0 Å². The number of aliphatic hydroxyl groups is 9. The molecular formula is C18H32O14. The van der Waals surface area contributed by atoms with Crippen LogP contribution in [0.2, 0.25) is 0 Å². The van der Waals surface area contributed by atoms with E-state index in [0.29, 0.717) is 0 Å². The summed E-state index contributed by atoms with van der Waals surface area (Å²) in [5, 5.41) is 89.9. The molecule has 0 aliphatic carbocycles. The van der Waals surface area contributed by atoms with E-state index < -0.39 is 99.2 Å². The number of aliphatic hydroxyl groups excluding tert-OH is 9. The molecule has 14 atom stereocenters. The van der Waals surface area contributed by atoms with Gasteiger partial charge in [-0.25, -0.2) is 0 Å². The Morgan fingerprint density at radius 3 is 1.88 bits per heavy atom. The van der Waals surface area contributed by atoms with E-state index in [1.54, 1.807) is 6.92 Å². The molecule has 32 heavy (non-hydrogen) atoms. The topological polar surface area (TPSA) is 228 Å². The molecule has 0 aromatic rings. The summed E-state index contributed by atoms with van der Waals surface area (Å²) in [4.78, 5) is 0. The Bertz CT molecular complexity index is 594. The Balaban J connectivity index is 1.79. The maximum atomic E-state index is 10.6. The van der Waals surface area contributed by atoms with Crippen LogP contribution in [0.1, 0.15) is 13.3 Å². The van der Waals surface area contributed by atoms with E-state index in [0.717, 1.165) is 0 Å². The van der Waals surface area contributed by atoms with E-state index >= 15 is 0 Å². The van der Waals surface area contributed by atoms with Crippen LogP contribution in [-0.4, -0.2) is 145 Å². The van der Waals surface area contributed by atoms with E-state index in [1.807, 2.05) is 0 Å². The number of ether oxygens (including phenoxy) is 5. The first kappa shape index (κ1) is 26.1. The van der Waals surface area contributed by atoms with Gasteiger partial charge in [-0.1, -0.05) is 0 Å². The largest absolute Gasteiger partial charge is 0.394 e. The third-order valence-corrected chi connectivity index (χ3v) is 5.94. The molecule has 3 heterocycles. The van der Waals surface area contributed by atoms with E-state index in [1.165, 1.54) is 0 Å². The minimum absolute atomic E-state index is 0.0879. The molecule has 3 aliphatic heterocycles. The predicted molar refractivity (Wildman–Crippen MR) is 98.5 cm³/mol. The Morgan fingerprint density at radius 1 is 0.656 bits per heavy atom. The summed E-state index contributed by atoms with van der Waals surface area (Å²) >= 11 is 0. The highest BCUT2D eigenvalue weighted by Crippen LogP contribution is 2.32. The van der Waals surface area contributed by atoms with Crippen LogP contribution < -0.4 is 0 Å². The molecule has 0 saturated carbocycles.